The number of carbonyl (C=O) groups is 2. The van der Waals surface area contributed by atoms with Crippen molar-refractivity contribution < 1.29 is 32.2 Å². The first-order chi connectivity index (χ1) is 15.1. The molecule has 1 heterocycles. The first kappa shape index (κ1) is 25.3. The van der Waals surface area contributed by atoms with Crippen molar-refractivity contribution in [2.75, 3.05) is 23.8 Å². The van der Waals surface area contributed by atoms with Crippen molar-refractivity contribution >= 4 is 34.9 Å². The molecule has 0 aliphatic heterocycles. The van der Waals surface area contributed by atoms with Crippen molar-refractivity contribution in [1.82, 2.24) is 4.98 Å². The lowest BCUT2D eigenvalue weighted by molar-refractivity contribution is -0.143. The zero-order valence-corrected chi connectivity index (χ0v) is 18.3. The molecule has 0 radical (unpaired) electrons. The Bertz CT molecular complexity index is 954. The zero-order valence-electron chi connectivity index (χ0n) is 17.5. The summed E-state index contributed by atoms with van der Waals surface area (Å²) >= 11 is 5.95. The summed E-state index contributed by atoms with van der Waals surface area (Å²) in [5.74, 6) is -0.140. The van der Waals surface area contributed by atoms with Gasteiger partial charge in [-0.05, 0) is 31.5 Å². The van der Waals surface area contributed by atoms with Gasteiger partial charge in [-0.1, -0.05) is 11.6 Å². The summed E-state index contributed by atoms with van der Waals surface area (Å²) in [6.07, 6.45) is -3.15. The largest absolute Gasteiger partial charge is 0.494 e. The van der Waals surface area contributed by atoms with Crippen LogP contribution >= 0.6 is 11.6 Å². The molecule has 0 atom stereocenters. The third-order valence-electron chi connectivity index (χ3n) is 4.09. The Morgan fingerprint density at radius 1 is 1.19 bits per heavy atom. The van der Waals surface area contributed by atoms with Crippen molar-refractivity contribution in [3.05, 3.63) is 46.7 Å². The Labute approximate surface area is 188 Å². The van der Waals surface area contributed by atoms with Gasteiger partial charge in [0.05, 0.1) is 47.4 Å². The molecule has 0 saturated heterocycles. The number of pyridine rings is 1. The molecule has 0 aliphatic rings. The second-order valence-electron chi connectivity index (χ2n) is 6.65. The summed E-state index contributed by atoms with van der Waals surface area (Å²) < 4.78 is 48.8. The molecule has 7 nitrogen and oxygen atoms in total. The van der Waals surface area contributed by atoms with Crippen LogP contribution in [-0.4, -0.2) is 30.1 Å². The quantitative estimate of drug-likeness (QED) is 0.371. The minimum absolute atomic E-state index is 0.00979. The number of ether oxygens (including phenoxy) is 2. The van der Waals surface area contributed by atoms with E-state index in [4.69, 9.17) is 21.1 Å². The number of halogens is 4. The highest BCUT2D eigenvalue weighted by Crippen LogP contribution is 2.32. The molecule has 1 aromatic heterocycles. The maximum Gasteiger partial charge on any atom is 0.417 e. The fraction of sp³-hybridized carbons (Fsp3) is 0.381. The second kappa shape index (κ2) is 11.6. The monoisotopic (exact) mass is 473 g/mol. The zero-order chi connectivity index (χ0) is 23.7. The molecule has 0 unspecified atom stereocenters. The van der Waals surface area contributed by atoms with E-state index in [9.17, 15) is 22.8 Å². The van der Waals surface area contributed by atoms with Gasteiger partial charge in [-0.3, -0.25) is 14.6 Å². The van der Waals surface area contributed by atoms with Crippen LogP contribution in [0.5, 0.6) is 5.75 Å². The van der Waals surface area contributed by atoms with Crippen LogP contribution in [0.15, 0.2) is 30.5 Å². The van der Waals surface area contributed by atoms with E-state index in [1.807, 2.05) is 0 Å². The van der Waals surface area contributed by atoms with Crippen molar-refractivity contribution in [2.24, 2.45) is 0 Å². The molecular weight excluding hydrogens is 451 g/mol. The highest BCUT2D eigenvalue weighted by molar-refractivity contribution is 6.31. The number of hydrogen-bond donors (Lipinski definition) is 2. The fourth-order valence-corrected chi connectivity index (χ4v) is 2.86. The Morgan fingerprint density at radius 3 is 2.56 bits per heavy atom. The summed E-state index contributed by atoms with van der Waals surface area (Å²) in [6.45, 7) is 3.67. The van der Waals surface area contributed by atoms with Gasteiger partial charge in [0.15, 0.2) is 0 Å². The lowest BCUT2D eigenvalue weighted by Gasteiger charge is -2.15. The fourth-order valence-electron chi connectivity index (χ4n) is 2.63. The number of esters is 1. The number of anilines is 2. The topological polar surface area (TPSA) is 89.5 Å². The molecular formula is C21H23ClF3N3O4. The smallest absolute Gasteiger partial charge is 0.417 e. The van der Waals surface area contributed by atoms with Crippen molar-refractivity contribution in [1.29, 1.82) is 0 Å². The van der Waals surface area contributed by atoms with Gasteiger partial charge in [0, 0.05) is 25.6 Å². The van der Waals surface area contributed by atoms with Crippen LogP contribution in [0, 0.1) is 0 Å². The van der Waals surface area contributed by atoms with Gasteiger partial charge in [0.25, 0.3) is 0 Å². The van der Waals surface area contributed by atoms with E-state index < -0.39 is 11.7 Å². The molecule has 11 heteroatoms. The Balaban J connectivity index is 2.08. The predicted octanol–water partition coefficient (Wildman–Crippen LogP) is 5.05. The third kappa shape index (κ3) is 7.92. The normalized spacial score (nSPS) is 11.1. The van der Waals surface area contributed by atoms with Crippen LogP contribution in [0.1, 0.15) is 37.9 Å². The minimum Gasteiger partial charge on any atom is -0.494 e. The van der Waals surface area contributed by atoms with Gasteiger partial charge in [-0.25, -0.2) is 0 Å². The molecule has 2 N–H and O–H groups in total. The van der Waals surface area contributed by atoms with Crippen LogP contribution in [0.2, 0.25) is 5.02 Å². The van der Waals surface area contributed by atoms with Gasteiger partial charge >= 0.3 is 12.1 Å². The van der Waals surface area contributed by atoms with Crippen LogP contribution in [0.4, 0.5) is 24.5 Å². The number of benzene rings is 1. The summed E-state index contributed by atoms with van der Waals surface area (Å²) in [5.41, 5.74) is 0.165. The first-order valence-corrected chi connectivity index (χ1v) is 10.1. The van der Waals surface area contributed by atoms with E-state index in [-0.39, 0.29) is 42.2 Å². The molecule has 0 aliphatic carbocycles. The average molecular weight is 474 g/mol. The van der Waals surface area contributed by atoms with E-state index >= 15 is 0 Å². The van der Waals surface area contributed by atoms with Crippen molar-refractivity contribution in [3.63, 3.8) is 0 Å². The van der Waals surface area contributed by atoms with Gasteiger partial charge in [0.2, 0.25) is 5.91 Å². The number of amides is 1. The maximum atomic E-state index is 12.8. The maximum absolute atomic E-state index is 12.8. The molecule has 174 valence electrons. The second-order valence-corrected chi connectivity index (χ2v) is 7.06. The highest BCUT2D eigenvalue weighted by atomic mass is 35.5. The van der Waals surface area contributed by atoms with Gasteiger partial charge in [-0.15, -0.1) is 0 Å². The highest BCUT2D eigenvalue weighted by Gasteiger charge is 2.31. The average Bonchev–Trinajstić information content (AvgIpc) is 2.71. The van der Waals surface area contributed by atoms with Crippen molar-refractivity contribution in [3.8, 4) is 5.75 Å². The minimum atomic E-state index is -4.54. The molecule has 0 bridgehead atoms. The molecule has 1 aromatic carbocycles. The van der Waals surface area contributed by atoms with Crippen LogP contribution in [0.25, 0.3) is 0 Å². The van der Waals surface area contributed by atoms with Gasteiger partial charge < -0.3 is 20.1 Å². The number of nitrogens with one attached hydrogen (secondary N) is 2. The van der Waals surface area contributed by atoms with Crippen LogP contribution in [0.3, 0.4) is 0 Å². The number of aromatic nitrogens is 1. The molecule has 0 saturated carbocycles. The summed E-state index contributed by atoms with van der Waals surface area (Å²) in [4.78, 5) is 26.6. The molecule has 2 aromatic rings. The molecule has 0 fully saturated rings. The Kier molecular flexibility index (Phi) is 9.13. The Morgan fingerprint density at radius 2 is 1.94 bits per heavy atom. The van der Waals surface area contributed by atoms with E-state index in [0.717, 1.165) is 6.07 Å². The number of nitrogens with zero attached hydrogens (tertiary/aromatic N) is 1. The lowest BCUT2D eigenvalue weighted by atomic mass is 10.2. The van der Waals surface area contributed by atoms with E-state index in [0.29, 0.717) is 36.3 Å². The van der Waals surface area contributed by atoms with E-state index in [1.54, 1.807) is 25.1 Å². The SMILES string of the molecule is CCOC(=O)CCCOc1ccc(NC(C)=O)c(NCc2ncc(C(F)(F)F)cc2Cl)c1. The number of rotatable bonds is 10. The number of hydrogen-bond acceptors (Lipinski definition) is 6. The lowest BCUT2D eigenvalue weighted by Crippen LogP contribution is -2.11. The Hall–Kier alpha value is -3.01. The number of alkyl halides is 3. The standard InChI is InChI=1S/C21H23ClF3N3O4/c1-3-31-20(30)5-4-8-32-15-6-7-17(28-13(2)29)18(10-15)27-12-19-16(22)9-14(11-26-19)21(23,24)25/h6-7,9-11,27H,3-5,8,12H2,1-2H3,(H,28,29). The van der Waals surface area contributed by atoms with E-state index in [2.05, 4.69) is 15.6 Å². The van der Waals surface area contributed by atoms with Crippen LogP contribution < -0.4 is 15.4 Å². The van der Waals surface area contributed by atoms with Crippen LogP contribution in [-0.2, 0) is 27.0 Å². The third-order valence-corrected chi connectivity index (χ3v) is 4.42. The summed E-state index contributed by atoms with van der Waals surface area (Å²) in [5, 5.41) is 5.52. The molecule has 0 spiro atoms. The van der Waals surface area contributed by atoms with Gasteiger partial charge in [0.1, 0.15) is 5.75 Å². The predicted molar refractivity (Wildman–Crippen MR) is 114 cm³/mol. The summed E-state index contributed by atoms with van der Waals surface area (Å²) in [7, 11) is 0. The first-order valence-electron chi connectivity index (χ1n) is 9.75. The van der Waals surface area contributed by atoms with Crippen molar-refractivity contribution in [2.45, 2.75) is 39.4 Å². The summed E-state index contributed by atoms with van der Waals surface area (Å²) in [6, 6.07) is 5.69. The molecule has 2 rings (SSSR count). The molecule has 32 heavy (non-hydrogen) atoms. The van der Waals surface area contributed by atoms with E-state index in [1.165, 1.54) is 6.92 Å². The number of carbonyl (C=O) groups excluding carboxylic acids is 2. The van der Waals surface area contributed by atoms with Gasteiger partial charge in [-0.2, -0.15) is 13.2 Å². The molecule has 1 amide bonds.